The van der Waals surface area contributed by atoms with E-state index in [1.165, 1.54) is 8.71 Å². The van der Waals surface area contributed by atoms with Gasteiger partial charge in [0.2, 0.25) is 0 Å². The minimum absolute atomic E-state index is 0.0287. The van der Waals surface area contributed by atoms with E-state index in [4.69, 9.17) is 11.6 Å². The average Bonchev–Trinajstić information content (AvgIpc) is 3.03. The predicted octanol–water partition coefficient (Wildman–Crippen LogP) is 2.55. The van der Waals surface area contributed by atoms with Crippen LogP contribution in [0.4, 0.5) is 0 Å². The first-order valence-electron chi connectivity index (χ1n) is 6.62. The van der Waals surface area contributed by atoms with Crippen molar-refractivity contribution in [1.82, 2.24) is 13.7 Å². The molecule has 0 unspecified atom stereocenters. The van der Waals surface area contributed by atoms with E-state index in [2.05, 4.69) is 4.98 Å². The van der Waals surface area contributed by atoms with Gasteiger partial charge in [0.15, 0.2) is 10.2 Å². The van der Waals surface area contributed by atoms with Crippen molar-refractivity contribution in [2.24, 2.45) is 0 Å². The fraction of sp³-hybridized carbons (Fsp3) is 0.462. The molecule has 0 aliphatic heterocycles. The molecule has 1 aliphatic carbocycles. The molecule has 2 heterocycles. The zero-order valence-electron chi connectivity index (χ0n) is 11.2. The van der Waals surface area contributed by atoms with Crippen molar-refractivity contribution in [3.8, 4) is 0 Å². The van der Waals surface area contributed by atoms with Crippen LogP contribution in [0.3, 0.4) is 0 Å². The number of sulfonamides is 1. The second kappa shape index (κ2) is 5.02. The average molecular weight is 314 g/mol. The van der Waals surface area contributed by atoms with E-state index in [0.717, 1.165) is 25.7 Å². The summed E-state index contributed by atoms with van der Waals surface area (Å²) in [6.07, 6.45) is 5.63. The van der Waals surface area contributed by atoms with E-state index in [1.54, 1.807) is 31.4 Å². The minimum Gasteiger partial charge on any atom is -0.288 e. The predicted molar refractivity (Wildman–Crippen MR) is 77.4 cm³/mol. The third-order valence-corrected chi connectivity index (χ3v) is 6.22. The lowest BCUT2D eigenvalue weighted by atomic mass is 10.3. The molecular formula is C13H16ClN3O2S. The van der Waals surface area contributed by atoms with Crippen LogP contribution in [-0.4, -0.2) is 35.2 Å². The fourth-order valence-corrected chi connectivity index (χ4v) is 4.78. The molecule has 0 amide bonds. The van der Waals surface area contributed by atoms with Gasteiger partial charge >= 0.3 is 0 Å². The Labute approximate surface area is 123 Å². The van der Waals surface area contributed by atoms with Crippen LogP contribution < -0.4 is 0 Å². The molecule has 20 heavy (non-hydrogen) atoms. The molecule has 0 atom stereocenters. The summed E-state index contributed by atoms with van der Waals surface area (Å²) >= 11 is 6.07. The summed E-state index contributed by atoms with van der Waals surface area (Å²) in [6, 6.07) is 5.36. The standard InChI is InChI=1S/C13H16ClN3O2S/c1-16(10-6-2-3-7-10)20(18,19)13-12(14)15-11-8-4-5-9-17(11)13/h4-5,8-10H,2-3,6-7H2,1H3. The zero-order valence-corrected chi connectivity index (χ0v) is 12.7. The number of rotatable bonds is 3. The number of pyridine rings is 1. The van der Waals surface area contributed by atoms with Crippen molar-refractivity contribution >= 4 is 27.3 Å². The zero-order chi connectivity index (χ0) is 14.3. The van der Waals surface area contributed by atoms with Crippen molar-refractivity contribution in [3.63, 3.8) is 0 Å². The Kier molecular flexibility index (Phi) is 3.48. The van der Waals surface area contributed by atoms with Gasteiger partial charge in [-0.1, -0.05) is 30.5 Å². The van der Waals surface area contributed by atoms with Gasteiger partial charge in [0, 0.05) is 19.3 Å². The third kappa shape index (κ3) is 2.12. The molecule has 2 aromatic rings. The Morgan fingerprint density at radius 2 is 2.05 bits per heavy atom. The monoisotopic (exact) mass is 313 g/mol. The van der Waals surface area contributed by atoms with Crippen LogP contribution in [0.1, 0.15) is 25.7 Å². The maximum atomic E-state index is 12.8. The van der Waals surface area contributed by atoms with Gasteiger partial charge in [0.1, 0.15) is 5.65 Å². The Morgan fingerprint density at radius 1 is 1.35 bits per heavy atom. The first kappa shape index (κ1) is 13.9. The number of nitrogens with zero attached hydrogens (tertiary/aromatic N) is 3. The van der Waals surface area contributed by atoms with Gasteiger partial charge in [-0.2, -0.15) is 4.31 Å². The molecule has 3 rings (SSSR count). The molecule has 0 spiro atoms. The third-order valence-electron chi connectivity index (χ3n) is 3.91. The Hall–Kier alpha value is -1.11. The molecule has 0 N–H and O–H groups in total. The number of aromatic nitrogens is 2. The van der Waals surface area contributed by atoms with Crippen molar-refractivity contribution in [1.29, 1.82) is 0 Å². The highest BCUT2D eigenvalue weighted by atomic mass is 35.5. The molecule has 1 aliphatic rings. The normalized spacial score (nSPS) is 17.4. The van der Waals surface area contributed by atoms with Gasteiger partial charge in [-0.15, -0.1) is 0 Å². The molecule has 2 aromatic heterocycles. The highest BCUT2D eigenvalue weighted by Crippen LogP contribution is 2.30. The van der Waals surface area contributed by atoms with Crippen LogP contribution in [0.5, 0.6) is 0 Å². The highest BCUT2D eigenvalue weighted by Gasteiger charge is 2.34. The summed E-state index contributed by atoms with van der Waals surface area (Å²) in [5, 5.41) is 0.0882. The van der Waals surface area contributed by atoms with Crippen molar-refractivity contribution in [2.45, 2.75) is 36.8 Å². The number of hydrogen-bond donors (Lipinski definition) is 0. The summed E-state index contributed by atoms with van der Waals surface area (Å²) in [6.45, 7) is 0. The van der Waals surface area contributed by atoms with E-state index < -0.39 is 10.0 Å². The Balaban J connectivity index is 2.11. The molecule has 1 fully saturated rings. The molecule has 1 saturated carbocycles. The minimum atomic E-state index is -3.63. The fourth-order valence-electron chi connectivity index (χ4n) is 2.78. The summed E-state index contributed by atoms with van der Waals surface area (Å²) < 4.78 is 28.6. The van der Waals surface area contributed by atoms with E-state index in [1.807, 2.05) is 0 Å². The van der Waals surface area contributed by atoms with E-state index in [0.29, 0.717) is 5.65 Å². The van der Waals surface area contributed by atoms with Crippen LogP contribution in [0.2, 0.25) is 5.15 Å². The largest absolute Gasteiger partial charge is 0.288 e. The molecule has 0 radical (unpaired) electrons. The molecule has 0 aromatic carbocycles. The van der Waals surface area contributed by atoms with Crippen LogP contribution in [-0.2, 0) is 10.0 Å². The van der Waals surface area contributed by atoms with Gasteiger partial charge in [-0.25, -0.2) is 13.4 Å². The quantitative estimate of drug-likeness (QED) is 0.875. The number of fused-ring (bicyclic) bond motifs is 1. The van der Waals surface area contributed by atoms with Crippen molar-refractivity contribution in [3.05, 3.63) is 29.5 Å². The van der Waals surface area contributed by atoms with Gasteiger partial charge in [-0.05, 0) is 25.0 Å². The lowest BCUT2D eigenvalue weighted by molar-refractivity contribution is 0.371. The molecule has 0 bridgehead atoms. The second-order valence-corrected chi connectivity index (χ2v) is 7.37. The Morgan fingerprint density at radius 3 is 2.75 bits per heavy atom. The van der Waals surface area contributed by atoms with Crippen LogP contribution in [0.25, 0.3) is 5.65 Å². The Bertz CT molecular complexity index is 735. The number of hydrogen-bond acceptors (Lipinski definition) is 3. The second-order valence-electron chi connectivity index (χ2n) is 5.10. The number of halogens is 1. The van der Waals surface area contributed by atoms with Crippen molar-refractivity contribution in [2.75, 3.05) is 7.05 Å². The first-order valence-corrected chi connectivity index (χ1v) is 8.44. The van der Waals surface area contributed by atoms with Crippen LogP contribution >= 0.6 is 11.6 Å². The molecule has 0 saturated heterocycles. The molecule has 7 heteroatoms. The van der Waals surface area contributed by atoms with Gasteiger partial charge < -0.3 is 0 Å². The van der Waals surface area contributed by atoms with Gasteiger partial charge in [0.25, 0.3) is 10.0 Å². The smallest absolute Gasteiger partial charge is 0.262 e. The topological polar surface area (TPSA) is 54.7 Å². The van der Waals surface area contributed by atoms with Crippen molar-refractivity contribution < 1.29 is 8.42 Å². The maximum absolute atomic E-state index is 12.8. The summed E-state index contributed by atoms with van der Waals surface area (Å²) in [4.78, 5) is 4.11. The molecule has 5 nitrogen and oxygen atoms in total. The van der Waals surface area contributed by atoms with E-state index >= 15 is 0 Å². The van der Waals surface area contributed by atoms with E-state index in [9.17, 15) is 8.42 Å². The molecule has 108 valence electrons. The van der Waals surface area contributed by atoms with Gasteiger partial charge in [0.05, 0.1) is 0 Å². The summed E-state index contributed by atoms with van der Waals surface area (Å²) in [7, 11) is -2.01. The highest BCUT2D eigenvalue weighted by molar-refractivity contribution is 7.89. The summed E-state index contributed by atoms with van der Waals surface area (Å²) in [5.41, 5.74) is 0.538. The lowest BCUT2D eigenvalue weighted by Crippen LogP contribution is -2.35. The van der Waals surface area contributed by atoms with Crippen LogP contribution in [0, 0.1) is 0 Å². The van der Waals surface area contributed by atoms with Gasteiger partial charge in [-0.3, -0.25) is 4.40 Å². The maximum Gasteiger partial charge on any atom is 0.262 e. The van der Waals surface area contributed by atoms with Crippen LogP contribution in [0.15, 0.2) is 29.4 Å². The SMILES string of the molecule is CN(C1CCCC1)S(=O)(=O)c1c(Cl)nc2ccccn12. The first-order chi connectivity index (χ1) is 9.51. The molecular weight excluding hydrogens is 298 g/mol. The number of imidazole rings is 1. The summed E-state index contributed by atoms with van der Waals surface area (Å²) in [5.74, 6) is 0. The van der Waals surface area contributed by atoms with E-state index in [-0.39, 0.29) is 16.2 Å². The lowest BCUT2D eigenvalue weighted by Gasteiger charge is -2.23.